The van der Waals surface area contributed by atoms with E-state index in [1.807, 2.05) is 48.5 Å². The van der Waals surface area contributed by atoms with E-state index in [9.17, 15) is 9.59 Å². The number of rotatable bonds is 3. The number of H-pyrrole nitrogens is 1. The maximum Gasteiger partial charge on any atom is 0.251 e. The van der Waals surface area contributed by atoms with E-state index in [0.29, 0.717) is 11.6 Å². The van der Waals surface area contributed by atoms with Crippen molar-refractivity contribution in [1.82, 2.24) is 14.9 Å². The van der Waals surface area contributed by atoms with Gasteiger partial charge in [-0.1, -0.05) is 12.1 Å². The number of fused-ring (bicyclic) bond motifs is 1. The van der Waals surface area contributed by atoms with Crippen molar-refractivity contribution in [3.8, 4) is 0 Å². The van der Waals surface area contributed by atoms with Gasteiger partial charge in [-0.3, -0.25) is 14.5 Å². The molecule has 2 aliphatic heterocycles. The van der Waals surface area contributed by atoms with Crippen LogP contribution in [0.5, 0.6) is 0 Å². The molecule has 0 aliphatic carbocycles. The zero-order chi connectivity index (χ0) is 20.0. The van der Waals surface area contributed by atoms with Crippen LogP contribution in [0.25, 0.3) is 11.0 Å². The van der Waals surface area contributed by atoms with Crippen LogP contribution in [0.2, 0.25) is 0 Å². The summed E-state index contributed by atoms with van der Waals surface area (Å²) in [5.74, 6) is 1.18. The van der Waals surface area contributed by atoms with Crippen molar-refractivity contribution >= 4 is 51.1 Å². The van der Waals surface area contributed by atoms with Gasteiger partial charge in [-0.05, 0) is 84.9 Å². The molecule has 3 heterocycles. The van der Waals surface area contributed by atoms with Crippen molar-refractivity contribution in [3.63, 3.8) is 0 Å². The smallest absolute Gasteiger partial charge is 0.251 e. The van der Waals surface area contributed by atoms with Crippen LogP contribution in [0.3, 0.4) is 0 Å². The molecule has 1 atom stereocenters. The molecule has 0 saturated carbocycles. The summed E-state index contributed by atoms with van der Waals surface area (Å²) in [7, 11) is 0. The molecule has 6 nitrogen and oxygen atoms in total. The highest BCUT2D eigenvalue weighted by Gasteiger charge is 2.43. The molecule has 2 aliphatic rings. The van der Waals surface area contributed by atoms with Crippen molar-refractivity contribution in [2.24, 2.45) is 0 Å². The third-order valence-electron chi connectivity index (χ3n) is 5.97. The number of imidazole rings is 1. The number of likely N-dealkylation sites (tertiary alicyclic amines) is 1. The number of benzene rings is 2. The number of nitrogens with one attached hydrogen (secondary N) is 1. The largest absolute Gasteiger partial charge is 0.342 e. The number of imide groups is 1. The minimum atomic E-state index is -0.349. The van der Waals surface area contributed by atoms with Crippen LogP contribution >= 0.6 is 22.6 Å². The molecule has 3 aromatic rings. The SMILES string of the molecule is O=C1CC(N2CCC(c3nc4ccccc4[nH]3)CC2)C(=O)N1c1ccc(I)cc1. The highest BCUT2D eigenvalue weighted by Crippen LogP contribution is 2.32. The molecule has 29 heavy (non-hydrogen) atoms. The van der Waals surface area contributed by atoms with Gasteiger partial charge in [0.05, 0.1) is 29.2 Å². The Morgan fingerprint density at radius 3 is 2.45 bits per heavy atom. The number of aromatic amines is 1. The molecular weight excluding hydrogens is 479 g/mol. The molecule has 0 bridgehead atoms. The van der Waals surface area contributed by atoms with E-state index in [1.54, 1.807) is 0 Å². The Bertz CT molecular complexity index is 1040. The third-order valence-corrected chi connectivity index (χ3v) is 6.69. The molecule has 2 saturated heterocycles. The van der Waals surface area contributed by atoms with Crippen LogP contribution in [-0.2, 0) is 9.59 Å². The number of amides is 2. The number of nitrogens with zero attached hydrogens (tertiary/aromatic N) is 3. The van der Waals surface area contributed by atoms with E-state index in [2.05, 4.69) is 32.5 Å². The van der Waals surface area contributed by atoms with Gasteiger partial charge in [-0.2, -0.15) is 0 Å². The third kappa shape index (κ3) is 3.46. The summed E-state index contributed by atoms with van der Waals surface area (Å²) in [6.45, 7) is 1.60. The first-order valence-electron chi connectivity index (χ1n) is 9.91. The fourth-order valence-electron chi connectivity index (χ4n) is 4.41. The second-order valence-corrected chi connectivity index (χ2v) is 8.96. The van der Waals surface area contributed by atoms with Gasteiger partial charge in [0.2, 0.25) is 5.91 Å². The molecule has 0 spiro atoms. The Labute approximate surface area is 182 Å². The van der Waals surface area contributed by atoms with Crippen LogP contribution in [0, 0.1) is 3.57 Å². The molecule has 1 N–H and O–H groups in total. The monoisotopic (exact) mass is 500 g/mol. The fourth-order valence-corrected chi connectivity index (χ4v) is 4.77. The van der Waals surface area contributed by atoms with E-state index in [0.717, 1.165) is 46.4 Å². The lowest BCUT2D eigenvalue weighted by Crippen LogP contribution is -2.45. The van der Waals surface area contributed by atoms with Crippen LogP contribution in [0.15, 0.2) is 48.5 Å². The van der Waals surface area contributed by atoms with Crippen molar-refractivity contribution < 1.29 is 9.59 Å². The van der Waals surface area contributed by atoms with Crippen LogP contribution in [-0.4, -0.2) is 45.8 Å². The maximum atomic E-state index is 13.0. The highest BCUT2D eigenvalue weighted by molar-refractivity contribution is 14.1. The van der Waals surface area contributed by atoms with Crippen LogP contribution < -0.4 is 4.90 Å². The summed E-state index contributed by atoms with van der Waals surface area (Å²) in [6, 6.07) is 15.2. The van der Waals surface area contributed by atoms with Gasteiger partial charge in [-0.15, -0.1) is 0 Å². The average molecular weight is 500 g/mol. The molecule has 1 unspecified atom stereocenters. The van der Waals surface area contributed by atoms with Crippen molar-refractivity contribution in [2.45, 2.75) is 31.2 Å². The lowest BCUT2D eigenvalue weighted by Gasteiger charge is -2.34. The topological polar surface area (TPSA) is 69.3 Å². The Hall–Kier alpha value is -2.26. The summed E-state index contributed by atoms with van der Waals surface area (Å²) in [4.78, 5) is 37.3. The predicted molar refractivity (Wildman–Crippen MR) is 120 cm³/mol. The van der Waals surface area contributed by atoms with Gasteiger partial charge >= 0.3 is 0 Å². The van der Waals surface area contributed by atoms with Crippen LogP contribution in [0.1, 0.15) is 31.0 Å². The minimum absolute atomic E-state index is 0.0987. The number of para-hydroxylation sites is 2. The van der Waals surface area contributed by atoms with Gasteiger partial charge in [0, 0.05) is 9.49 Å². The van der Waals surface area contributed by atoms with E-state index >= 15 is 0 Å². The number of halogens is 1. The normalized spacial score (nSPS) is 21.4. The highest BCUT2D eigenvalue weighted by atomic mass is 127. The van der Waals surface area contributed by atoms with Gasteiger partial charge in [0.25, 0.3) is 5.91 Å². The first kappa shape index (κ1) is 18.7. The Morgan fingerprint density at radius 2 is 1.72 bits per heavy atom. The molecular formula is C22H21IN4O2. The molecule has 148 valence electrons. The molecule has 5 rings (SSSR count). The quantitative estimate of drug-likeness (QED) is 0.440. The number of hydrogen-bond acceptors (Lipinski definition) is 4. The molecule has 2 aromatic carbocycles. The maximum absolute atomic E-state index is 13.0. The van der Waals surface area contributed by atoms with E-state index < -0.39 is 0 Å². The fraction of sp³-hybridized carbons (Fsp3) is 0.318. The minimum Gasteiger partial charge on any atom is -0.342 e. The van der Waals surface area contributed by atoms with Gasteiger partial charge in [-0.25, -0.2) is 9.88 Å². The molecule has 0 radical (unpaired) electrons. The average Bonchev–Trinajstić information content (AvgIpc) is 3.30. The lowest BCUT2D eigenvalue weighted by atomic mass is 9.95. The van der Waals surface area contributed by atoms with Crippen molar-refractivity contribution in [1.29, 1.82) is 0 Å². The number of aromatic nitrogens is 2. The second-order valence-electron chi connectivity index (χ2n) is 7.71. The zero-order valence-electron chi connectivity index (χ0n) is 15.8. The number of anilines is 1. The Balaban J connectivity index is 1.27. The predicted octanol–water partition coefficient (Wildman–Crippen LogP) is 3.68. The standard InChI is InChI=1S/C22H21IN4O2/c23-15-5-7-16(8-6-15)27-20(28)13-19(22(27)29)26-11-9-14(10-12-26)21-24-17-3-1-2-4-18(17)25-21/h1-8,14,19H,9-13H2,(H,24,25). The Morgan fingerprint density at radius 1 is 1.00 bits per heavy atom. The zero-order valence-corrected chi connectivity index (χ0v) is 18.0. The first-order valence-corrected chi connectivity index (χ1v) is 11.0. The summed E-state index contributed by atoms with van der Waals surface area (Å²) < 4.78 is 1.08. The van der Waals surface area contributed by atoms with Gasteiger partial charge < -0.3 is 4.98 Å². The van der Waals surface area contributed by atoms with Crippen LogP contribution in [0.4, 0.5) is 5.69 Å². The van der Waals surface area contributed by atoms with Crippen molar-refractivity contribution in [2.75, 3.05) is 18.0 Å². The molecule has 7 heteroatoms. The van der Waals surface area contributed by atoms with E-state index in [1.165, 1.54) is 4.90 Å². The summed E-state index contributed by atoms with van der Waals surface area (Å²) >= 11 is 2.22. The molecule has 2 amide bonds. The number of carbonyl (C=O) groups excluding carboxylic acids is 2. The van der Waals surface area contributed by atoms with E-state index in [4.69, 9.17) is 4.98 Å². The summed E-state index contributed by atoms with van der Waals surface area (Å²) in [5.41, 5.74) is 2.73. The molecule has 2 fully saturated rings. The number of piperidine rings is 1. The number of carbonyl (C=O) groups is 2. The molecule has 1 aromatic heterocycles. The van der Waals surface area contributed by atoms with Crippen molar-refractivity contribution in [3.05, 3.63) is 57.9 Å². The van der Waals surface area contributed by atoms with Gasteiger partial charge in [0.15, 0.2) is 0 Å². The Kier molecular flexibility index (Phi) is 4.87. The second kappa shape index (κ2) is 7.53. The summed E-state index contributed by atoms with van der Waals surface area (Å²) in [5, 5.41) is 0. The first-order chi connectivity index (χ1) is 14.1. The van der Waals surface area contributed by atoms with Gasteiger partial charge in [0.1, 0.15) is 5.82 Å². The lowest BCUT2D eigenvalue weighted by molar-refractivity contribution is -0.123. The van der Waals surface area contributed by atoms with E-state index in [-0.39, 0.29) is 24.3 Å². The number of hydrogen-bond donors (Lipinski definition) is 1. The summed E-state index contributed by atoms with van der Waals surface area (Å²) in [6.07, 6.45) is 2.13.